The zero-order valence-corrected chi connectivity index (χ0v) is 13.2. The molecule has 1 atom stereocenters. The third-order valence-electron chi connectivity index (χ3n) is 4.01. The molecule has 1 unspecified atom stereocenters. The van der Waals surface area contributed by atoms with E-state index >= 15 is 0 Å². The van der Waals surface area contributed by atoms with Crippen LogP contribution in [0.5, 0.6) is 5.75 Å². The van der Waals surface area contributed by atoms with Crippen LogP contribution in [0.15, 0.2) is 48.5 Å². The SMILES string of the molecule is O=C(NCC(O)c1ccc(F)cc1)c1ccc(OCC2CC2)cc1. The van der Waals surface area contributed by atoms with Crippen LogP contribution in [0.2, 0.25) is 0 Å². The van der Waals surface area contributed by atoms with Crippen molar-refractivity contribution >= 4 is 5.91 Å². The van der Waals surface area contributed by atoms with Gasteiger partial charge in [-0.1, -0.05) is 12.1 Å². The Labute approximate surface area is 140 Å². The topological polar surface area (TPSA) is 58.6 Å². The molecule has 24 heavy (non-hydrogen) atoms. The van der Waals surface area contributed by atoms with Gasteiger partial charge in [-0.05, 0) is 60.7 Å². The van der Waals surface area contributed by atoms with Crippen LogP contribution in [0.4, 0.5) is 4.39 Å². The lowest BCUT2D eigenvalue weighted by molar-refractivity contribution is 0.0916. The number of carbonyl (C=O) groups is 1. The molecule has 4 nitrogen and oxygen atoms in total. The molecule has 5 heteroatoms. The Morgan fingerprint density at radius 3 is 2.46 bits per heavy atom. The molecule has 0 radical (unpaired) electrons. The first kappa shape index (κ1) is 16.5. The van der Waals surface area contributed by atoms with Gasteiger partial charge in [-0.25, -0.2) is 4.39 Å². The number of nitrogens with one attached hydrogen (secondary N) is 1. The third-order valence-corrected chi connectivity index (χ3v) is 4.01. The van der Waals surface area contributed by atoms with E-state index in [1.165, 1.54) is 37.1 Å². The van der Waals surface area contributed by atoms with Gasteiger partial charge in [-0.15, -0.1) is 0 Å². The molecule has 2 aromatic carbocycles. The number of halogens is 1. The highest BCUT2D eigenvalue weighted by Gasteiger charge is 2.21. The molecule has 1 amide bonds. The van der Waals surface area contributed by atoms with Gasteiger partial charge in [-0.2, -0.15) is 0 Å². The Kier molecular flexibility index (Phi) is 5.11. The molecule has 1 saturated carbocycles. The maximum Gasteiger partial charge on any atom is 0.251 e. The van der Waals surface area contributed by atoms with Crippen molar-refractivity contribution in [3.8, 4) is 5.75 Å². The third kappa shape index (κ3) is 4.55. The molecular formula is C19H20FNO3. The number of hydrogen-bond donors (Lipinski definition) is 2. The average Bonchev–Trinajstić information content (AvgIpc) is 3.43. The van der Waals surface area contributed by atoms with E-state index in [9.17, 15) is 14.3 Å². The number of aliphatic hydroxyl groups is 1. The van der Waals surface area contributed by atoms with Crippen LogP contribution in [0.3, 0.4) is 0 Å². The number of ether oxygens (including phenoxy) is 1. The van der Waals surface area contributed by atoms with Crippen molar-refractivity contribution in [2.24, 2.45) is 5.92 Å². The fourth-order valence-electron chi connectivity index (χ4n) is 2.30. The van der Waals surface area contributed by atoms with Crippen molar-refractivity contribution in [3.63, 3.8) is 0 Å². The highest BCUT2D eigenvalue weighted by atomic mass is 19.1. The summed E-state index contributed by atoms with van der Waals surface area (Å²) in [6.07, 6.45) is 1.59. The normalized spacial score (nSPS) is 14.9. The first-order chi connectivity index (χ1) is 11.6. The molecule has 2 aromatic rings. The van der Waals surface area contributed by atoms with E-state index in [1.807, 2.05) is 0 Å². The van der Waals surface area contributed by atoms with Crippen molar-refractivity contribution < 1.29 is 19.0 Å². The first-order valence-electron chi connectivity index (χ1n) is 8.06. The van der Waals surface area contributed by atoms with Gasteiger partial charge in [0.2, 0.25) is 0 Å². The van der Waals surface area contributed by atoms with E-state index in [4.69, 9.17) is 4.74 Å². The van der Waals surface area contributed by atoms with Crippen molar-refractivity contribution in [2.45, 2.75) is 18.9 Å². The van der Waals surface area contributed by atoms with Crippen LogP contribution < -0.4 is 10.1 Å². The maximum atomic E-state index is 12.9. The van der Waals surface area contributed by atoms with Gasteiger partial charge in [0.1, 0.15) is 11.6 Å². The standard InChI is InChI=1S/C19H20FNO3/c20-16-7-3-14(4-8-16)18(22)11-21-19(23)15-5-9-17(10-6-15)24-12-13-1-2-13/h3-10,13,18,22H,1-2,11-12H2,(H,21,23). The van der Waals surface area contributed by atoms with Gasteiger partial charge < -0.3 is 15.2 Å². The monoisotopic (exact) mass is 329 g/mol. The fraction of sp³-hybridized carbons (Fsp3) is 0.316. The van der Waals surface area contributed by atoms with Crippen LogP contribution in [0.25, 0.3) is 0 Å². The molecule has 0 heterocycles. The second-order valence-corrected chi connectivity index (χ2v) is 6.06. The summed E-state index contributed by atoms with van der Waals surface area (Å²) >= 11 is 0. The number of hydrogen-bond acceptors (Lipinski definition) is 3. The lowest BCUT2D eigenvalue weighted by Crippen LogP contribution is -2.28. The predicted molar refractivity (Wildman–Crippen MR) is 88.4 cm³/mol. The smallest absolute Gasteiger partial charge is 0.251 e. The highest BCUT2D eigenvalue weighted by molar-refractivity contribution is 5.94. The van der Waals surface area contributed by atoms with E-state index in [-0.39, 0.29) is 18.3 Å². The molecule has 2 N–H and O–H groups in total. The van der Waals surface area contributed by atoms with Gasteiger partial charge in [0.05, 0.1) is 12.7 Å². The maximum absolute atomic E-state index is 12.9. The Balaban J connectivity index is 1.49. The second kappa shape index (κ2) is 7.45. The van der Waals surface area contributed by atoms with Gasteiger partial charge >= 0.3 is 0 Å². The quantitative estimate of drug-likeness (QED) is 0.821. The molecule has 0 saturated heterocycles. The number of rotatable bonds is 7. The minimum absolute atomic E-state index is 0.0599. The molecule has 1 aliphatic rings. The summed E-state index contributed by atoms with van der Waals surface area (Å²) < 4.78 is 18.5. The molecule has 3 rings (SSSR count). The Morgan fingerprint density at radius 2 is 1.83 bits per heavy atom. The Hall–Kier alpha value is -2.40. The van der Waals surface area contributed by atoms with Crippen molar-refractivity contribution in [1.82, 2.24) is 5.32 Å². The Bertz CT molecular complexity index is 681. The molecule has 1 fully saturated rings. The van der Waals surface area contributed by atoms with Gasteiger partial charge in [-0.3, -0.25) is 4.79 Å². The minimum atomic E-state index is -0.879. The molecular weight excluding hydrogens is 309 g/mol. The summed E-state index contributed by atoms with van der Waals surface area (Å²) in [6.45, 7) is 0.791. The number of benzene rings is 2. The lowest BCUT2D eigenvalue weighted by Gasteiger charge is -2.12. The van der Waals surface area contributed by atoms with Crippen molar-refractivity contribution in [1.29, 1.82) is 0 Å². The Morgan fingerprint density at radius 1 is 1.17 bits per heavy atom. The van der Waals surface area contributed by atoms with Crippen LogP contribution in [-0.2, 0) is 0 Å². The fourth-order valence-corrected chi connectivity index (χ4v) is 2.30. The molecule has 0 aromatic heterocycles. The van der Waals surface area contributed by atoms with Crippen LogP contribution in [0.1, 0.15) is 34.9 Å². The molecule has 0 spiro atoms. The van der Waals surface area contributed by atoms with Gasteiger partial charge in [0.25, 0.3) is 5.91 Å². The molecule has 0 bridgehead atoms. The van der Waals surface area contributed by atoms with Gasteiger partial charge in [0.15, 0.2) is 0 Å². The first-order valence-corrected chi connectivity index (χ1v) is 8.06. The zero-order chi connectivity index (χ0) is 16.9. The molecule has 0 aliphatic heterocycles. The van der Waals surface area contributed by atoms with E-state index in [1.54, 1.807) is 24.3 Å². The highest BCUT2D eigenvalue weighted by Crippen LogP contribution is 2.29. The summed E-state index contributed by atoms with van der Waals surface area (Å²) in [6, 6.07) is 12.5. The van der Waals surface area contributed by atoms with E-state index in [0.717, 1.165) is 12.4 Å². The minimum Gasteiger partial charge on any atom is -0.493 e. The van der Waals surface area contributed by atoms with Gasteiger partial charge in [0, 0.05) is 12.1 Å². The summed E-state index contributed by atoms with van der Waals surface area (Å²) in [7, 11) is 0. The largest absolute Gasteiger partial charge is 0.493 e. The van der Waals surface area contributed by atoms with Crippen molar-refractivity contribution in [3.05, 3.63) is 65.5 Å². The summed E-state index contributed by atoms with van der Waals surface area (Å²) in [5, 5.41) is 12.7. The van der Waals surface area contributed by atoms with E-state index < -0.39 is 6.10 Å². The number of aliphatic hydroxyl groups excluding tert-OH is 1. The zero-order valence-electron chi connectivity index (χ0n) is 13.2. The lowest BCUT2D eigenvalue weighted by atomic mass is 10.1. The number of amides is 1. The summed E-state index contributed by atoms with van der Waals surface area (Å²) in [5.74, 6) is 0.801. The molecule has 1 aliphatic carbocycles. The molecule has 126 valence electrons. The summed E-state index contributed by atoms with van der Waals surface area (Å²) in [5.41, 5.74) is 1.06. The van der Waals surface area contributed by atoms with Crippen LogP contribution in [0, 0.1) is 11.7 Å². The summed E-state index contributed by atoms with van der Waals surface area (Å²) in [4.78, 5) is 12.1. The van der Waals surface area contributed by atoms with Crippen LogP contribution >= 0.6 is 0 Å². The number of carbonyl (C=O) groups excluding carboxylic acids is 1. The second-order valence-electron chi connectivity index (χ2n) is 6.06. The van der Waals surface area contributed by atoms with E-state index in [2.05, 4.69) is 5.32 Å². The predicted octanol–water partition coefficient (Wildman–Crippen LogP) is 3.08. The average molecular weight is 329 g/mol. The van der Waals surface area contributed by atoms with Crippen molar-refractivity contribution in [2.75, 3.05) is 13.2 Å². The van der Waals surface area contributed by atoms with Crippen LogP contribution in [-0.4, -0.2) is 24.2 Å². The van der Waals surface area contributed by atoms with E-state index in [0.29, 0.717) is 17.0 Å².